The summed E-state index contributed by atoms with van der Waals surface area (Å²) < 4.78 is 18.6. The minimum atomic E-state index is -0.376. The third-order valence-electron chi connectivity index (χ3n) is 5.22. The van der Waals surface area contributed by atoms with Gasteiger partial charge in [0.25, 0.3) is 11.8 Å². The molecule has 0 bridgehead atoms. The second-order valence-electron chi connectivity index (χ2n) is 7.32. The number of amides is 2. The van der Waals surface area contributed by atoms with E-state index in [-0.39, 0.29) is 17.6 Å². The van der Waals surface area contributed by atoms with Crippen LogP contribution in [0.2, 0.25) is 0 Å². The molecule has 158 valence electrons. The number of hydrogen-bond acceptors (Lipinski definition) is 3. The average molecular weight is 418 g/mol. The molecular weight excluding hydrogens is 395 g/mol. The molecule has 5 nitrogen and oxygen atoms in total. The highest BCUT2D eigenvalue weighted by molar-refractivity contribution is 6.08. The van der Waals surface area contributed by atoms with Crippen LogP contribution in [0.5, 0.6) is 5.75 Å². The van der Waals surface area contributed by atoms with Gasteiger partial charge in [-0.05, 0) is 92.1 Å². The molecule has 0 unspecified atom stereocenters. The van der Waals surface area contributed by atoms with Crippen LogP contribution < -0.4 is 15.0 Å². The molecule has 1 N–H and O–H groups in total. The Balaban J connectivity index is 1.51. The highest BCUT2D eigenvalue weighted by Crippen LogP contribution is 2.30. The average Bonchev–Trinajstić information content (AvgIpc) is 2.80. The first-order chi connectivity index (χ1) is 15.0. The number of rotatable bonds is 5. The highest BCUT2D eigenvalue weighted by atomic mass is 19.1. The molecule has 6 heteroatoms. The molecule has 1 aliphatic heterocycles. The summed E-state index contributed by atoms with van der Waals surface area (Å²) in [6.45, 7) is 3.09. The molecule has 4 rings (SSSR count). The third kappa shape index (κ3) is 4.58. The van der Waals surface area contributed by atoms with Gasteiger partial charge in [0.15, 0.2) is 0 Å². The van der Waals surface area contributed by atoms with Crippen molar-refractivity contribution >= 4 is 23.2 Å². The number of nitrogens with zero attached hydrogens (tertiary/aromatic N) is 1. The molecule has 0 fully saturated rings. The van der Waals surface area contributed by atoms with E-state index < -0.39 is 0 Å². The number of ether oxygens (including phenoxy) is 1. The Morgan fingerprint density at radius 3 is 2.42 bits per heavy atom. The van der Waals surface area contributed by atoms with Gasteiger partial charge in [-0.2, -0.15) is 0 Å². The van der Waals surface area contributed by atoms with Gasteiger partial charge in [-0.15, -0.1) is 0 Å². The van der Waals surface area contributed by atoms with Gasteiger partial charge in [0, 0.05) is 29.0 Å². The van der Waals surface area contributed by atoms with E-state index in [1.807, 2.05) is 31.2 Å². The summed E-state index contributed by atoms with van der Waals surface area (Å²) >= 11 is 0. The number of nitrogens with one attached hydrogen (secondary N) is 1. The Kier molecular flexibility index (Phi) is 5.98. The molecule has 0 spiro atoms. The Hall–Kier alpha value is -3.67. The number of hydrogen-bond donors (Lipinski definition) is 1. The van der Waals surface area contributed by atoms with Crippen LogP contribution in [0, 0.1) is 5.82 Å². The van der Waals surface area contributed by atoms with Crippen LogP contribution in [0.3, 0.4) is 0 Å². The molecule has 31 heavy (non-hydrogen) atoms. The van der Waals surface area contributed by atoms with Gasteiger partial charge >= 0.3 is 0 Å². The van der Waals surface area contributed by atoms with E-state index in [0.717, 1.165) is 29.8 Å². The van der Waals surface area contributed by atoms with Crippen molar-refractivity contribution in [2.75, 3.05) is 23.4 Å². The van der Waals surface area contributed by atoms with Crippen molar-refractivity contribution in [3.8, 4) is 5.75 Å². The van der Waals surface area contributed by atoms with Crippen LogP contribution in [0.25, 0.3) is 0 Å². The van der Waals surface area contributed by atoms with Crippen LogP contribution >= 0.6 is 0 Å². The molecule has 1 aliphatic rings. The maximum atomic E-state index is 13.2. The SMILES string of the molecule is CCOc1ccc(NC(=O)c2ccc3c(c2)CCCN3C(=O)c2ccc(F)cc2)cc1. The monoisotopic (exact) mass is 418 g/mol. The Bertz CT molecular complexity index is 1090. The molecule has 2 amide bonds. The number of fused-ring (bicyclic) bond motifs is 1. The van der Waals surface area contributed by atoms with Crippen molar-refractivity contribution in [1.82, 2.24) is 0 Å². The highest BCUT2D eigenvalue weighted by Gasteiger charge is 2.24. The van der Waals surface area contributed by atoms with Crippen LogP contribution in [0.15, 0.2) is 66.7 Å². The molecular formula is C25H23FN2O3. The molecule has 0 radical (unpaired) electrons. The Morgan fingerprint density at radius 2 is 1.71 bits per heavy atom. The van der Waals surface area contributed by atoms with E-state index >= 15 is 0 Å². The van der Waals surface area contributed by atoms with Gasteiger partial charge in [0.2, 0.25) is 0 Å². The van der Waals surface area contributed by atoms with Crippen LogP contribution in [-0.4, -0.2) is 25.0 Å². The quantitative estimate of drug-likeness (QED) is 0.629. The number of halogens is 1. The van der Waals surface area contributed by atoms with Gasteiger partial charge in [0.05, 0.1) is 6.61 Å². The van der Waals surface area contributed by atoms with Crippen molar-refractivity contribution in [3.63, 3.8) is 0 Å². The summed E-state index contributed by atoms with van der Waals surface area (Å²) in [5.74, 6) is -0.0135. The van der Waals surface area contributed by atoms with Crippen molar-refractivity contribution < 1.29 is 18.7 Å². The van der Waals surface area contributed by atoms with E-state index in [2.05, 4.69) is 5.32 Å². The predicted molar refractivity (Wildman–Crippen MR) is 118 cm³/mol. The standard InChI is InChI=1S/C25H23FN2O3/c1-2-31-22-12-10-21(11-13-22)27-24(29)19-7-14-23-18(16-19)4-3-15-28(23)25(30)17-5-8-20(26)9-6-17/h5-14,16H,2-4,15H2,1H3,(H,27,29). The van der Waals surface area contributed by atoms with E-state index in [9.17, 15) is 14.0 Å². The lowest BCUT2D eigenvalue weighted by molar-refractivity contribution is 0.0984. The first-order valence-electron chi connectivity index (χ1n) is 10.3. The minimum Gasteiger partial charge on any atom is -0.494 e. The van der Waals surface area contributed by atoms with Gasteiger partial charge in [0.1, 0.15) is 11.6 Å². The topological polar surface area (TPSA) is 58.6 Å². The molecule has 0 aromatic heterocycles. The van der Waals surface area contributed by atoms with Crippen molar-refractivity contribution in [2.24, 2.45) is 0 Å². The summed E-state index contributed by atoms with van der Waals surface area (Å²) in [6.07, 6.45) is 1.58. The fraction of sp³-hybridized carbons (Fsp3) is 0.200. The lowest BCUT2D eigenvalue weighted by atomic mass is 9.98. The van der Waals surface area contributed by atoms with E-state index in [1.165, 1.54) is 24.3 Å². The van der Waals surface area contributed by atoms with Crippen LogP contribution in [0.1, 0.15) is 39.6 Å². The minimum absolute atomic E-state index is 0.174. The summed E-state index contributed by atoms with van der Waals surface area (Å²) in [4.78, 5) is 27.3. The second-order valence-corrected chi connectivity index (χ2v) is 7.32. The fourth-order valence-electron chi connectivity index (χ4n) is 3.70. The van der Waals surface area contributed by atoms with Gasteiger partial charge in [-0.1, -0.05) is 0 Å². The van der Waals surface area contributed by atoms with Crippen LogP contribution in [-0.2, 0) is 6.42 Å². The lowest BCUT2D eigenvalue weighted by Crippen LogP contribution is -2.35. The lowest BCUT2D eigenvalue weighted by Gasteiger charge is -2.30. The summed E-state index contributed by atoms with van der Waals surface area (Å²) in [5, 5.41) is 2.89. The van der Waals surface area contributed by atoms with Gasteiger partial charge in [-0.25, -0.2) is 4.39 Å². The van der Waals surface area contributed by atoms with E-state index in [0.29, 0.717) is 30.0 Å². The number of carbonyl (C=O) groups excluding carboxylic acids is 2. The zero-order valence-electron chi connectivity index (χ0n) is 17.2. The van der Waals surface area contributed by atoms with E-state index in [1.54, 1.807) is 23.1 Å². The summed E-state index contributed by atoms with van der Waals surface area (Å²) in [6, 6.07) is 18.1. The molecule has 0 atom stereocenters. The maximum absolute atomic E-state index is 13.2. The molecule has 3 aromatic carbocycles. The molecule has 1 heterocycles. The smallest absolute Gasteiger partial charge is 0.258 e. The largest absolute Gasteiger partial charge is 0.494 e. The predicted octanol–water partition coefficient (Wildman–Crippen LogP) is 5.07. The van der Waals surface area contributed by atoms with Crippen molar-refractivity contribution in [3.05, 3.63) is 89.2 Å². The first-order valence-corrected chi connectivity index (χ1v) is 10.3. The molecule has 0 aliphatic carbocycles. The first kappa shape index (κ1) is 20.6. The van der Waals surface area contributed by atoms with Crippen molar-refractivity contribution in [2.45, 2.75) is 19.8 Å². The van der Waals surface area contributed by atoms with Crippen molar-refractivity contribution in [1.29, 1.82) is 0 Å². The number of anilines is 2. The van der Waals surface area contributed by atoms with Gasteiger partial charge < -0.3 is 15.0 Å². The van der Waals surface area contributed by atoms with E-state index in [4.69, 9.17) is 4.74 Å². The summed E-state index contributed by atoms with van der Waals surface area (Å²) in [7, 11) is 0. The number of benzene rings is 3. The third-order valence-corrected chi connectivity index (χ3v) is 5.22. The van der Waals surface area contributed by atoms with Gasteiger partial charge in [-0.3, -0.25) is 9.59 Å². The Morgan fingerprint density at radius 1 is 1.00 bits per heavy atom. The molecule has 0 saturated heterocycles. The summed E-state index contributed by atoms with van der Waals surface area (Å²) in [5.41, 5.74) is 3.38. The maximum Gasteiger partial charge on any atom is 0.258 e. The Labute approximate surface area is 180 Å². The number of carbonyl (C=O) groups is 2. The number of aryl methyl sites for hydroxylation is 1. The normalized spacial score (nSPS) is 12.8. The van der Waals surface area contributed by atoms with Crippen LogP contribution in [0.4, 0.5) is 15.8 Å². The zero-order chi connectivity index (χ0) is 21.8. The second kappa shape index (κ2) is 9.00. The zero-order valence-corrected chi connectivity index (χ0v) is 17.2. The fourth-order valence-corrected chi connectivity index (χ4v) is 3.70. The molecule has 3 aromatic rings. The molecule has 0 saturated carbocycles.